The van der Waals surface area contributed by atoms with Gasteiger partial charge in [0.05, 0.1) is 5.56 Å². The minimum atomic E-state index is -0.304. The predicted octanol–water partition coefficient (Wildman–Crippen LogP) is 4.04. The standard InChI is InChI=1S/C21H16ClFN4O/c22-17-6-1-14(2-7-17)11-20-26-25-19-10-5-16(13-27(19)20)21(28)24-12-15-3-8-18(23)9-4-15/h1-10,13H,11-12H2,(H,24,28). The number of benzene rings is 2. The van der Waals surface area contributed by atoms with Gasteiger partial charge in [0.2, 0.25) is 0 Å². The second-order valence-electron chi connectivity index (χ2n) is 6.37. The second-order valence-corrected chi connectivity index (χ2v) is 6.81. The molecule has 5 nitrogen and oxygen atoms in total. The number of amides is 1. The van der Waals surface area contributed by atoms with E-state index in [4.69, 9.17) is 11.6 Å². The Morgan fingerprint density at radius 3 is 2.43 bits per heavy atom. The van der Waals surface area contributed by atoms with Crippen LogP contribution >= 0.6 is 11.6 Å². The monoisotopic (exact) mass is 394 g/mol. The van der Waals surface area contributed by atoms with E-state index in [-0.39, 0.29) is 11.7 Å². The maximum Gasteiger partial charge on any atom is 0.253 e. The molecule has 0 aliphatic carbocycles. The lowest BCUT2D eigenvalue weighted by Gasteiger charge is -2.07. The van der Waals surface area contributed by atoms with Crippen molar-refractivity contribution in [3.05, 3.63) is 100 Å². The Hall–Kier alpha value is -3.25. The Labute approximate surface area is 165 Å². The van der Waals surface area contributed by atoms with Gasteiger partial charge in [0.25, 0.3) is 5.91 Å². The van der Waals surface area contributed by atoms with Gasteiger partial charge in [-0.05, 0) is 47.5 Å². The summed E-state index contributed by atoms with van der Waals surface area (Å²) in [6, 6.07) is 17.0. The summed E-state index contributed by atoms with van der Waals surface area (Å²) in [5.41, 5.74) is 3.03. The van der Waals surface area contributed by atoms with Gasteiger partial charge in [0.15, 0.2) is 5.65 Å². The Morgan fingerprint density at radius 1 is 0.964 bits per heavy atom. The number of fused-ring (bicyclic) bond motifs is 1. The van der Waals surface area contributed by atoms with Crippen LogP contribution in [0.4, 0.5) is 4.39 Å². The molecule has 0 aliphatic rings. The molecular weight excluding hydrogens is 379 g/mol. The summed E-state index contributed by atoms with van der Waals surface area (Å²) in [4.78, 5) is 12.5. The number of carbonyl (C=O) groups excluding carboxylic acids is 1. The molecule has 0 unspecified atom stereocenters. The Morgan fingerprint density at radius 2 is 1.68 bits per heavy atom. The van der Waals surface area contributed by atoms with Crippen molar-refractivity contribution in [2.45, 2.75) is 13.0 Å². The first kappa shape index (κ1) is 18.1. The third kappa shape index (κ3) is 4.02. The summed E-state index contributed by atoms with van der Waals surface area (Å²) in [5.74, 6) is 0.198. The molecule has 0 spiro atoms. The Bertz CT molecular complexity index is 1120. The molecule has 0 saturated carbocycles. The van der Waals surface area contributed by atoms with Gasteiger partial charge in [-0.2, -0.15) is 0 Å². The molecule has 4 aromatic rings. The lowest BCUT2D eigenvalue weighted by Crippen LogP contribution is -2.23. The molecule has 0 bridgehead atoms. The molecule has 28 heavy (non-hydrogen) atoms. The molecule has 2 aromatic heterocycles. The SMILES string of the molecule is O=C(NCc1ccc(F)cc1)c1ccc2nnc(Cc3ccc(Cl)cc3)n2c1. The van der Waals surface area contributed by atoms with Gasteiger partial charge in [-0.1, -0.05) is 35.9 Å². The zero-order valence-electron chi connectivity index (χ0n) is 14.8. The normalized spacial score (nSPS) is 10.9. The smallest absolute Gasteiger partial charge is 0.253 e. The van der Waals surface area contributed by atoms with E-state index in [9.17, 15) is 9.18 Å². The fourth-order valence-corrected chi connectivity index (χ4v) is 2.99. The van der Waals surface area contributed by atoms with E-state index in [1.807, 2.05) is 24.3 Å². The second kappa shape index (κ2) is 7.78. The first-order chi connectivity index (χ1) is 13.6. The van der Waals surface area contributed by atoms with Gasteiger partial charge < -0.3 is 5.32 Å². The lowest BCUT2D eigenvalue weighted by atomic mass is 10.1. The van der Waals surface area contributed by atoms with E-state index in [2.05, 4.69) is 15.5 Å². The average molecular weight is 395 g/mol. The largest absolute Gasteiger partial charge is 0.348 e. The van der Waals surface area contributed by atoms with Crippen LogP contribution in [0.15, 0.2) is 66.9 Å². The number of carbonyl (C=O) groups is 1. The van der Waals surface area contributed by atoms with Gasteiger partial charge in [-0.25, -0.2) is 4.39 Å². The number of aromatic nitrogens is 3. The van der Waals surface area contributed by atoms with E-state index in [1.165, 1.54) is 12.1 Å². The van der Waals surface area contributed by atoms with Crippen molar-refractivity contribution in [1.29, 1.82) is 0 Å². The fraction of sp³-hybridized carbons (Fsp3) is 0.0952. The Balaban J connectivity index is 1.52. The Kier molecular flexibility index (Phi) is 5.04. The number of hydrogen-bond acceptors (Lipinski definition) is 3. The number of rotatable bonds is 5. The number of nitrogens with zero attached hydrogens (tertiary/aromatic N) is 3. The molecule has 0 radical (unpaired) electrons. The van der Waals surface area contributed by atoms with Crippen LogP contribution in [0.3, 0.4) is 0 Å². The molecule has 7 heteroatoms. The summed E-state index contributed by atoms with van der Waals surface area (Å²) in [6.07, 6.45) is 2.29. The van der Waals surface area contributed by atoms with Crippen LogP contribution in [0.25, 0.3) is 5.65 Å². The van der Waals surface area contributed by atoms with Crippen LogP contribution in [-0.4, -0.2) is 20.5 Å². The topological polar surface area (TPSA) is 59.3 Å². The summed E-state index contributed by atoms with van der Waals surface area (Å²) < 4.78 is 14.8. The molecule has 1 amide bonds. The van der Waals surface area contributed by atoms with Crippen LogP contribution in [0.5, 0.6) is 0 Å². The summed E-state index contributed by atoms with van der Waals surface area (Å²) in [5, 5.41) is 11.9. The quantitative estimate of drug-likeness (QED) is 0.555. The van der Waals surface area contributed by atoms with Crippen molar-refractivity contribution in [2.75, 3.05) is 0 Å². The van der Waals surface area contributed by atoms with Gasteiger partial charge >= 0.3 is 0 Å². The lowest BCUT2D eigenvalue weighted by molar-refractivity contribution is 0.0950. The molecule has 4 rings (SSSR count). The highest BCUT2D eigenvalue weighted by Crippen LogP contribution is 2.14. The highest BCUT2D eigenvalue weighted by Gasteiger charge is 2.11. The van der Waals surface area contributed by atoms with Crippen LogP contribution in [0.2, 0.25) is 5.02 Å². The van der Waals surface area contributed by atoms with Crippen molar-refractivity contribution in [1.82, 2.24) is 19.9 Å². The summed E-state index contributed by atoms with van der Waals surface area (Å²) >= 11 is 5.93. The van der Waals surface area contributed by atoms with Crippen molar-refractivity contribution in [2.24, 2.45) is 0 Å². The van der Waals surface area contributed by atoms with E-state index in [0.717, 1.165) is 17.0 Å². The average Bonchev–Trinajstić information content (AvgIpc) is 3.11. The molecule has 0 atom stereocenters. The molecular formula is C21H16ClFN4O. The van der Waals surface area contributed by atoms with E-state index in [1.54, 1.807) is 34.9 Å². The third-order valence-electron chi connectivity index (χ3n) is 4.38. The van der Waals surface area contributed by atoms with Crippen LogP contribution in [-0.2, 0) is 13.0 Å². The number of pyridine rings is 1. The summed E-state index contributed by atoms with van der Waals surface area (Å²) in [7, 11) is 0. The van der Waals surface area contributed by atoms with E-state index < -0.39 is 0 Å². The minimum absolute atomic E-state index is 0.225. The number of nitrogens with one attached hydrogen (secondary N) is 1. The molecule has 2 heterocycles. The van der Waals surface area contributed by atoms with Crippen LogP contribution < -0.4 is 5.32 Å². The van der Waals surface area contributed by atoms with E-state index >= 15 is 0 Å². The zero-order valence-corrected chi connectivity index (χ0v) is 15.5. The first-order valence-electron chi connectivity index (χ1n) is 8.69. The van der Waals surface area contributed by atoms with E-state index in [0.29, 0.717) is 29.2 Å². The molecule has 2 aromatic carbocycles. The van der Waals surface area contributed by atoms with Gasteiger partial charge in [-0.15, -0.1) is 10.2 Å². The maximum atomic E-state index is 13.0. The highest BCUT2D eigenvalue weighted by atomic mass is 35.5. The predicted molar refractivity (Wildman–Crippen MR) is 105 cm³/mol. The first-order valence-corrected chi connectivity index (χ1v) is 9.07. The van der Waals surface area contributed by atoms with Crippen LogP contribution in [0, 0.1) is 5.82 Å². The molecule has 140 valence electrons. The molecule has 0 fully saturated rings. The maximum absolute atomic E-state index is 13.0. The molecule has 1 N–H and O–H groups in total. The van der Waals surface area contributed by atoms with Crippen molar-refractivity contribution < 1.29 is 9.18 Å². The van der Waals surface area contributed by atoms with Gasteiger partial charge in [0, 0.05) is 24.2 Å². The van der Waals surface area contributed by atoms with Gasteiger partial charge in [-0.3, -0.25) is 9.20 Å². The fourth-order valence-electron chi connectivity index (χ4n) is 2.86. The third-order valence-corrected chi connectivity index (χ3v) is 4.63. The number of hydrogen-bond donors (Lipinski definition) is 1. The zero-order chi connectivity index (χ0) is 19.5. The highest BCUT2D eigenvalue weighted by molar-refractivity contribution is 6.30. The molecule has 0 aliphatic heterocycles. The van der Waals surface area contributed by atoms with Gasteiger partial charge in [0.1, 0.15) is 11.6 Å². The van der Waals surface area contributed by atoms with Crippen molar-refractivity contribution in [3.8, 4) is 0 Å². The molecule has 0 saturated heterocycles. The number of halogens is 2. The minimum Gasteiger partial charge on any atom is -0.348 e. The van der Waals surface area contributed by atoms with Crippen molar-refractivity contribution >= 4 is 23.2 Å². The summed E-state index contributed by atoms with van der Waals surface area (Å²) in [6.45, 7) is 0.316. The van der Waals surface area contributed by atoms with Crippen molar-refractivity contribution in [3.63, 3.8) is 0 Å². The van der Waals surface area contributed by atoms with Crippen LogP contribution in [0.1, 0.15) is 27.3 Å².